The van der Waals surface area contributed by atoms with Crippen LogP contribution in [0.2, 0.25) is 0 Å². The first-order chi connectivity index (χ1) is 10.7. The van der Waals surface area contributed by atoms with E-state index in [4.69, 9.17) is 0 Å². The van der Waals surface area contributed by atoms with Gasteiger partial charge in [0.25, 0.3) is 11.2 Å². The van der Waals surface area contributed by atoms with Crippen LogP contribution in [-0.2, 0) is 0 Å². The lowest BCUT2D eigenvalue weighted by molar-refractivity contribution is -0.385. The molecule has 7 heteroatoms. The zero-order chi connectivity index (χ0) is 15.5. The second-order valence-corrected chi connectivity index (χ2v) is 4.47. The molecule has 1 heterocycles. The molecule has 1 aromatic heterocycles. The molecule has 7 nitrogen and oxygen atoms in total. The van der Waals surface area contributed by atoms with Crippen molar-refractivity contribution in [1.82, 2.24) is 9.66 Å². The Kier molecular flexibility index (Phi) is 3.45. The van der Waals surface area contributed by atoms with Crippen LogP contribution in [0.5, 0.6) is 0 Å². The van der Waals surface area contributed by atoms with Crippen molar-refractivity contribution in [1.29, 1.82) is 0 Å². The molecule has 0 aliphatic carbocycles. The monoisotopic (exact) mass is 294 g/mol. The summed E-state index contributed by atoms with van der Waals surface area (Å²) in [5.74, 6) is 0. The van der Waals surface area contributed by atoms with Crippen LogP contribution in [0, 0.1) is 10.1 Å². The first-order valence-corrected chi connectivity index (χ1v) is 6.41. The van der Waals surface area contributed by atoms with Gasteiger partial charge in [-0.05, 0) is 18.2 Å². The van der Waals surface area contributed by atoms with Crippen molar-refractivity contribution < 1.29 is 4.92 Å². The second-order valence-electron chi connectivity index (χ2n) is 4.47. The fraction of sp³-hybridized carbons (Fsp3) is 0. The Balaban J connectivity index is 2.06. The van der Waals surface area contributed by atoms with Gasteiger partial charge in [-0.25, -0.2) is 4.98 Å². The lowest BCUT2D eigenvalue weighted by atomic mass is 10.2. The number of nitro groups is 1. The Morgan fingerprint density at radius 3 is 2.68 bits per heavy atom. The SMILES string of the molecule is O=c1c2ccccc2ncn1N=Cc1ccccc1[N+](=O)[O-]. The largest absolute Gasteiger partial charge is 0.281 e. The first kappa shape index (κ1) is 13.6. The molecule has 0 aliphatic rings. The van der Waals surface area contributed by atoms with Crippen LogP contribution in [0.4, 0.5) is 5.69 Å². The minimum Gasteiger partial charge on any atom is -0.267 e. The second kappa shape index (κ2) is 5.57. The maximum Gasteiger partial charge on any atom is 0.281 e. The van der Waals surface area contributed by atoms with E-state index >= 15 is 0 Å². The van der Waals surface area contributed by atoms with Gasteiger partial charge in [-0.2, -0.15) is 9.78 Å². The summed E-state index contributed by atoms with van der Waals surface area (Å²) >= 11 is 0. The van der Waals surface area contributed by atoms with Gasteiger partial charge in [0.15, 0.2) is 0 Å². The highest BCUT2D eigenvalue weighted by Crippen LogP contribution is 2.15. The molecule has 0 saturated heterocycles. The van der Waals surface area contributed by atoms with E-state index in [1.165, 1.54) is 18.6 Å². The Morgan fingerprint density at radius 2 is 1.86 bits per heavy atom. The van der Waals surface area contributed by atoms with E-state index in [2.05, 4.69) is 10.1 Å². The van der Waals surface area contributed by atoms with Crippen LogP contribution >= 0.6 is 0 Å². The minimum absolute atomic E-state index is 0.0759. The summed E-state index contributed by atoms with van der Waals surface area (Å²) in [5.41, 5.74) is 0.477. The Labute approximate surface area is 124 Å². The standard InChI is InChI=1S/C15H10N4O3/c20-15-12-6-2-3-7-13(12)16-10-18(15)17-9-11-5-1-4-8-14(11)19(21)22/h1-10H. The van der Waals surface area contributed by atoms with Crippen molar-refractivity contribution in [2.24, 2.45) is 5.10 Å². The topological polar surface area (TPSA) is 90.4 Å². The normalized spacial score (nSPS) is 11.1. The number of nitrogens with zero attached hydrogens (tertiary/aromatic N) is 4. The Morgan fingerprint density at radius 1 is 1.14 bits per heavy atom. The average Bonchev–Trinajstić information content (AvgIpc) is 2.55. The summed E-state index contributed by atoms with van der Waals surface area (Å²) < 4.78 is 1.05. The molecule has 108 valence electrons. The van der Waals surface area contributed by atoms with E-state index in [0.717, 1.165) is 4.68 Å². The molecule has 3 aromatic rings. The first-order valence-electron chi connectivity index (χ1n) is 6.41. The predicted molar refractivity (Wildman–Crippen MR) is 82.1 cm³/mol. The third kappa shape index (κ3) is 2.47. The van der Waals surface area contributed by atoms with Gasteiger partial charge in [0.1, 0.15) is 6.33 Å². The van der Waals surface area contributed by atoms with Crippen molar-refractivity contribution >= 4 is 22.8 Å². The number of aromatic nitrogens is 2. The van der Waals surface area contributed by atoms with Gasteiger partial charge >= 0.3 is 0 Å². The number of hydrogen-bond acceptors (Lipinski definition) is 5. The van der Waals surface area contributed by atoms with Gasteiger partial charge in [0, 0.05) is 6.07 Å². The average molecular weight is 294 g/mol. The fourth-order valence-corrected chi connectivity index (χ4v) is 2.03. The van der Waals surface area contributed by atoms with E-state index in [1.54, 1.807) is 42.5 Å². The number of para-hydroxylation sites is 2. The Bertz CT molecular complexity index is 947. The van der Waals surface area contributed by atoms with Gasteiger partial charge < -0.3 is 0 Å². The molecule has 0 fully saturated rings. The van der Waals surface area contributed by atoms with Crippen LogP contribution in [0.25, 0.3) is 10.9 Å². The Hall–Kier alpha value is -3.35. The van der Waals surface area contributed by atoms with Gasteiger partial charge in [-0.1, -0.05) is 24.3 Å². The van der Waals surface area contributed by atoms with Crippen molar-refractivity contribution in [3.63, 3.8) is 0 Å². The predicted octanol–water partition coefficient (Wildman–Crippen LogP) is 2.19. The van der Waals surface area contributed by atoms with E-state index in [-0.39, 0.29) is 11.2 Å². The molecule has 0 N–H and O–H groups in total. The molecular weight excluding hydrogens is 284 g/mol. The van der Waals surface area contributed by atoms with E-state index < -0.39 is 4.92 Å². The molecule has 0 spiro atoms. The van der Waals surface area contributed by atoms with E-state index in [9.17, 15) is 14.9 Å². The molecule has 0 unspecified atom stereocenters. The third-order valence-corrected chi connectivity index (χ3v) is 3.10. The number of nitro benzene ring substituents is 1. The molecular formula is C15H10N4O3. The molecule has 0 atom stereocenters. The summed E-state index contributed by atoms with van der Waals surface area (Å²) in [7, 11) is 0. The molecule has 3 rings (SSSR count). The lowest BCUT2D eigenvalue weighted by Crippen LogP contribution is -2.17. The summed E-state index contributed by atoms with van der Waals surface area (Å²) in [6.45, 7) is 0. The van der Waals surface area contributed by atoms with Gasteiger partial charge in [-0.15, -0.1) is 0 Å². The zero-order valence-corrected chi connectivity index (χ0v) is 11.3. The summed E-state index contributed by atoms with van der Waals surface area (Å²) in [6.07, 6.45) is 2.56. The number of fused-ring (bicyclic) bond motifs is 1. The summed E-state index contributed by atoms with van der Waals surface area (Å²) in [4.78, 5) is 26.8. The van der Waals surface area contributed by atoms with Crippen LogP contribution in [0.3, 0.4) is 0 Å². The number of hydrogen-bond donors (Lipinski definition) is 0. The fourth-order valence-electron chi connectivity index (χ4n) is 2.03. The summed E-state index contributed by atoms with van der Waals surface area (Å²) in [6, 6.07) is 13.1. The summed E-state index contributed by atoms with van der Waals surface area (Å²) in [5, 5.41) is 15.4. The maximum atomic E-state index is 12.2. The van der Waals surface area contributed by atoms with E-state index in [1.807, 2.05) is 0 Å². The van der Waals surface area contributed by atoms with Crippen LogP contribution in [0.15, 0.2) is 64.8 Å². The third-order valence-electron chi connectivity index (χ3n) is 3.10. The molecule has 0 aliphatic heterocycles. The molecule has 0 amide bonds. The molecule has 2 aromatic carbocycles. The van der Waals surface area contributed by atoms with Crippen LogP contribution in [-0.4, -0.2) is 20.8 Å². The lowest BCUT2D eigenvalue weighted by Gasteiger charge is -2.00. The molecule has 22 heavy (non-hydrogen) atoms. The van der Waals surface area contributed by atoms with Gasteiger partial charge in [0.2, 0.25) is 0 Å². The number of rotatable bonds is 3. The molecule has 0 bridgehead atoms. The highest BCUT2D eigenvalue weighted by molar-refractivity contribution is 5.85. The van der Waals surface area contributed by atoms with Crippen LogP contribution < -0.4 is 5.56 Å². The van der Waals surface area contributed by atoms with Gasteiger partial charge in [0.05, 0.1) is 27.6 Å². The molecule has 0 saturated carbocycles. The van der Waals surface area contributed by atoms with E-state index in [0.29, 0.717) is 16.5 Å². The van der Waals surface area contributed by atoms with Crippen molar-refractivity contribution in [2.45, 2.75) is 0 Å². The van der Waals surface area contributed by atoms with Crippen molar-refractivity contribution in [3.8, 4) is 0 Å². The van der Waals surface area contributed by atoms with Crippen molar-refractivity contribution in [2.75, 3.05) is 0 Å². The quantitative estimate of drug-likeness (QED) is 0.420. The van der Waals surface area contributed by atoms with Gasteiger partial charge in [-0.3, -0.25) is 14.9 Å². The van der Waals surface area contributed by atoms with Crippen LogP contribution in [0.1, 0.15) is 5.56 Å². The molecule has 0 radical (unpaired) electrons. The maximum absolute atomic E-state index is 12.2. The minimum atomic E-state index is -0.497. The number of benzene rings is 2. The highest BCUT2D eigenvalue weighted by atomic mass is 16.6. The zero-order valence-electron chi connectivity index (χ0n) is 11.3. The highest BCUT2D eigenvalue weighted by Gasteiger charge is 2.10. The smallest absolute Gasteiger partial charge is 0.267 e. The van der Waals surface area contributed by atoms with Crippen molar-refractivity contribution in [3.05, 3.63) is 80.9 Å².